The lowest BCUT2D eigenvalue weighted by Crippen LogP contribution is -1.91. The first-order valence-electron chi connectivity index (χ1n) is 3.37. The summed E-state index contributed by atoms with van der Waals surface area (Å²) in [7, 11) is 5.64. The Bertz CT molecular complexity index is 47.8. The van der Waals surface area contributed by atoms with E-state index >= 15 is 0 Å². The third-order valence-corrected chi connectivity index (χ3v) is 3.00. The van der Waals surface area contributed by atoms with Crippen molar-refractivity contribution < 1.29 is 0 Å². The zero-order chi connectivity index (χ0) is 6.41. The van der Waals surface area contributed by atoms with E-state index < -0.39 is 0 Å². The normalized spacial score (nSPS) is 12.9. The Morgan fingerprint density at radius 1 is 1.62 bits per heavy atom. The second kappa shape index (κ2) is 6.18. The van der Waals surface area contributed by atoms with Gasteiger partial charge in [0.15, 0.2) is 0 Å². The number of hydrogen-bond donors (Lipinski definition) is 0. The molecule has 0 rings (SSSR count). The topological polar surface area (TPSA) is 0 Å². The van der Waals surface area contributed by atoms with E-state index in [-0.39, 0.29) is 19.3 Å². The molecule has 0 aliphatic rings. The molecule has 8 heavy (non-hydrogen) atoms. The quantitative estimate of drug-likeness (QED) is 0.533. The zero-order valence-electron chi connectivity index (χ0n) is 5.78. The molecule has 0 spiro atoms. The Kier molecular flexibility index (Phi) is 7.00. The van der Waals surface area contributed by atoms with Crippen LogP contribution in [0.1, 0.15) is 26.7 Å². The highest BCUT2D eigenvalue weighted by Crippen LogP contribution is 2.08. The average Bonchev–Trinajstić information content (AvgIpc) is 1.83. The van der Waals surface area contributed by atoms with Crippen LogP contribution in [-0.4, -0.2) is 19.3 Å². The molecule has 2 heteroatoms. The summed E-state index contributed by atoms with van der Waals surface area (Å²) in [5.41, 5.74) is 0. The molecule has 0 heterocycles. The van der Waals surface area contributed by atoms with Gasteiger partial charge in [-0.05, 0) is 5.92 Å². The summed E-state index contributed by atoms with van der Waals surface area (Å²) in [6, 6.07) is 0. The van der Waals surface area contributed by atoms with Gasteiger partial charge in [0.2, 0.25) is 0 Å². The molecule has 0 N–H and O–H groups in total. The maximum atomic E-state index is 5.64. The van der Waals surface area contributed by atoms with E-state index in [2.05, 4.69) is 13.8 Å². The second-order valence-corrected chi connectivity index (χ2v) is 4.56. The lowest BCUT2D eigenvalue weighted by atomic mass is 10.1. The van der Waals surface area contributed by atoms with Crippen molar-refractivity contribution in [1.82, 2.24) is 0 Å². The SMILES string of the molecule is CCC(C)C[CH2][Mg][Cl]. The van der Waals surface area contributed by atoms with Gasteiger partial charge >= 0.3 is 19.3 Å². The van der Waals surface area contributed by atoms with Crippen LogP contribution in [0.2, 0.25) is 4.55 Å². The van der Waals surface area contributed by atoms with E-state index in [4.69, 9.17) is 9.07 Å². The van der Waals surface area contributed by atoms with E-state index in [1.165, 1.54) is 17.4 Å². The predicted octanol–water partition coefficient (Wildman–Crippen LogP) is 2.70. The first kappa shape index (κ1) is 9.06. The van der Waals surface area contributed by atoms with Gasteiger partial charge in [0, 0.05) is 0 Å². The van der Waals surface area contributed by atoms with Crippen LogP contribution < -0.4 is 0 Å². The number of halogens is 1. The Hall–Kier alpha value is 1.06. The van der Waals surface area contributed by atoms with Gasteiger partial charge in [-0.25, -0.2) is 0 Å². The molecule has 0 aliphatic heterocycles. The third kappa shape index (κ3) is 5.20. The summed E-state index contributed by atoms with van der Waals surface area (Å²) in [4.78, 5) is 0. The molecule has 0 radical (unpaired) electrons. The summed E-state index contributed by atoms with van der Waals surface area (Å²) < 4.78 is 1.32. The van der Waals surface area contributed by atoms with Gasteiger partial charge in [-0.2, -0.15) is 0 Å². The zero-order valence-corrected chi connectivity index (χ0v) is 7.95. The molecule has 0 amide bonds. The molecule has 0 nitrogen and oxygen atoms in total. The van der Waals surface area contributed by atoms with Crippen LogP contribution in [-0.2, 0) is 0 Å². The van der Waals surface area contributed by atoms with Crippen LogP contribution in [0.15, 0.2) is 0 Å². The number of hydrogen-bond acceptors (Lipinski definition) is 0. The fraction of sp³-hybridized carbons (Fsp3) is 1.00. The van der Waals surface area contributed by atoms with Gasteiger partial charge in [-0.15, -0.1) is 4.55 Å². The van der Waals surface area contributed by atoms with Crippen molar-refractivity contribution in [3.05, 3.63) is 0 Å². The molecular formula is C6H13ClMg. The van der Waals surface area contributed by atoms with Crippen molar-refractivity contribution >= 4 is 28.3 Å². The molecule has 0 aliphatic carbocycles. The van der Waals surface area contributed by atoms with E-state index in [1.807, 2.05) is 0 Å². The summed E-state index contributed by atoms with van der Waals surface area (Å²) in [5, 5.41) is 0. The van der Waals surface area contributed by atoms with Crippen LogP contribution in [0.5, 0.6) is 0 Å². The average molecular weight is 145 g/mol. The first-order valence-corrected chi connectivity index (χ1v) is 6.51. The molecule has 0 aromatic heterocycles. The minimum atomic E-state index is -0.166. The monoisotopic (exact) mass is 144 g/mol. The second-order valence-electron chi connectivity index (χ2n) is 2.34. The molecule has 1 atom stereocenters. The highest BCUT2D eigenvalue weighted by Gasteiger charge is 1.97. The van der Waals surface area contributed by atoms with Crippen molar-refractivity contribution in [1.29, 1.82) is 0 Å². The standard InChI is InChI=1S/C6H13.ClH.Mg/c1-4-6(3)5-2;;/h6H,1,4-5H2,2-3H3;1H;/q;;+1/p-1. The molecule has 0 saturated heterocycles. The highest BCUT2D eigenvalue weighted by atomic mass is 35.5. The predicted molar refractivity (Wildman–Crippen MR) is 40.5 cm³/mol. The van der Waals surface area contributed by atoms with Crippen molar-refractivity contribution in [2.75, 3.05) is 0 Å². The fourth-order valence-electron chi connectivity index (χ4n) is 0.630. The van der Waals surface area contributed by atoms with Crippen LogP contribution in [0.3, 0.4) is 0 Å². The van der Waals surface area contributed by atoms with Crippen molar-refractivity contribution in [3.63, 3.8) is 0 Å². The van der Waals surface area contributed by atoms with Gasteiger partial charge in [0.25, 0.3) is 0 Å². The molecule has 0 fully saturated rings. The van der Waals surface area contributed by atoms with E-state index in [1.54, 1.807) is 0 Å². The Morgan fingerprint density at radius 2 is 2.25 bits per heavy atom. The highest BCUT2D eigenvalue weighted by molar-refractivity contribution is 6.93. The lowest BCUT2D eigenvalue weighted by Gasteiger charge is -2.03. The molecule has 0 aromatic carbocycles. The summed E-state index contributed by atoms with van der Waals surface area (Å²) in [6.45, 7) is 4.53. The summed E-state index contributed by atoms with van der Waals surface area (Å²) in [5.74, 6) is 0.904. The number of rotatable bonds is 4. The van der Waals surface area contributed by atoms with Gasteiger partial charge in [-0.1, -0.05) is 26.7 Å². The van der Waals surface area contributed by atoms with E-state index in [9.17, 15) is 0 Å². The van der Waals surface area contributed by atoms with Crippen molar-refractivity contribution in [2.24, 2.45) is 5.92 Å². The molecular weight excluding hydrogens is 132 g/mol. The third-order valence-electron chi connectivity index (χ3n) is 1.53. The Morgan fingerprint density at radius 3 is 2.62 bits per heavy atom. The maximum absolute atomic E-state index is 5.64. The smallest absolute Gasteiger partial charge is 0.346 e. The lowest BCUT2D eigenvalue weighted by molar-refractivity contribution is 0.544. The van der Waals surface area contributed by atoms with Crippen LogP contribution in [0.4, 0.5) is 0 Å². The summed E-state index contributed by atoms with van der Waals surface area (Å²) in [6.07, 6.45) is 2.66. The Balaban J connectivity index is 2.86. The van der Waals surface area contributed by atoms with Gasteiger partial charge in [0.05, 0.1) is 0 Å². The Labute approximate surface area is 65.5 Å². The largest absolute Gasteiger partial charge is 0.501 e. The summed E-state index contributed by atoms with van der Waals surface area (Å²) >= 11 is -0.166. The van der Waals surface area contributed by atoms with Crippen LogP contribution in [0, 0.1) is 5.92 Å². The van der Waals surface area contributed by atoms with E-state index in [0.717, 1.165) is 5.92 Å². The van der Waals surface area contributed by atoms with E-state index in [0.29, 0.717) is 0 Å². The molecule has 1 unspecified atom stereocenters. The van der Waals surface area contributed by atoms with Crippen molar-refractivity contribution in [2.45, 2.75) is 31.2 Å². The van der Waals surface area contributed by atoms with Gasteiger partial charge < -0.3 is 9.07 Å². The van der Waals surface area contributed by atoms with Gasteiger partial charge in [0.1, 0.15) is 0 Å². The van der Waals surface area contributed by atoms with Crippen LogP contribution >= 0.6 is 9.07 Å². The molecule has 0 bridgehead atoms. The maximum Gasteiger partial charge on any atom is 0.501 e. The molecule has 0 aromatic rings. The molecule has 46 valence electrons. The van der Waals surface area contributed by atoms with Gasteiger partial charge in [-0.3, -0.25) is 0 Å². The first-order chi connectivity index (χ1) is 3.81. The fourth-order valence-corrected chi connectivity index (χ4v) is 1.94. The minimum Gasteiger partial charge on any atom is -0.346 e. The molecule has 0 saturated carbocycles. The van der Waals surface area contributed by atoms with Crippen molar-refractivity contribution in [3.8, 4) is 0 Å². The van der Waals surface area contributed by atoms with Crippen LogP contribution in [0.25, 0.3) is 0 Å². The minimum absolute atomic E-state index is 0.166.